The summed E-state index contributed by atoms with van der Waals surface area (Å²) in [5, 5.41) is 12.7. The van der Waals surface area contributed by atoms with Crippen molar-refractivity contribution in [1.29, 1.82) is 0 Å². The van der Waals surface area contributed by atoms with Crippen molar-refractivity contribution in [3.8, 4) is 0 Å². The van der Waals surface area contributed by atoms with Gasteiger partial charge in [-0.2, -0.15) is 5.10 Å². The highest BCUT2D eigenvalue weighted by molar-refractivity contribution is 5.68. The van der Waals surface area contributed by atoms with Gasteiger partial charge in [0.15, 0.2) is 5.82 Å². The molecule has 0 aromatic carbocycles. The highest BCUT2D eigenvalue weighted by Gasteiger charge is 2.17. The Morgan fingerprint density at radius 1 is 1.57 bits per heavy atom. The Hall–Kier alpha value is -1.43. The molecule has 2 rings (SSSR count). The maximum Gasteiger partial charge on any atom is 0.311 e. The van der Waals surface area contributed by atoms with Crippen LogP contribution < -0.4 is 0 Å². The number of aliphatic carboxylic acids is 1. The van der Waals surface area contributed by atoms with Crippen LogP contribution in [-0.2, 0) is 24.3 Å². The van der Waals surface area contributed by atoms with E-state index in [4.69, 9.17) is 5.11 Å². The zero-order chi connectivity index (χ0) is 10.1. The van der Waals surface area contributed by atoms with Crippen molar-refractivity contribution in [1.82, 2.24) is 19.7 Å². The molecule has 14 heavy (non-hydrogen) atoms. The van der Waals surface area contributed by atoms with Gasteiger partial charge in [-0.1, -0.05) is 0 Å². The number of rotatable bonds is 2. The van der Waals surface area contributed by atoms with Crippen molar-refractivity contribution >= 4 is 5.97 Å². The molecule has 76 valence electrons. The second kappa shape index (κ2) is 3.38. The Labute approximate surface area is 81.2 Å². The van der Waals surface area contributed by atoms with Crippen LogP contribution in [0.25, 0.3) is 0 Å². The molecule has 0 unspecified atom stereocenters. The lowest BCUT2D eigenvalue weighted by Crippen LogP contribution is -2.30. The molecule has 1 aromatic rings. The van der Waals surface area contributed by atoms with Gasteiger partial charge in [0.2, 0.25) is 0 Å². The number of carboxylic acids is 1. The number of hydrogen-bond acceptors (Lipinski definition) is 4. The predicted octanol–water partition coefficient (Wildman–Crippen LogP) is -0.649. The summed E-state index contributed by atoms with van der Waals surface area (Å²) in [4.78, 5) is 16.8. The fourth-order valence-corrected chi connectivity index (χ4v) is 1.52. The van der Waals surface area contributed by atoms with Crippen LogP contribution in [0.5, 0.6) is 0 Å². The molecule has 0 amide bonds. The smallest absolute Gasteiger partial charge is 0.311 e. The standard InChI is InChI=1S/C8H12N4O2/c1-11-2-3-12-7(5-11)9-6(10-12)4-8(13)14/h2-5H2,1H3,(H,13,14). The Morgan fingerprint density at radius 2 is 2.36 bits per heavy atom. The minimum atomic E-state index is -0.888. The molecule has 2 heterocycles. The number of carbonyl (C=O) groups is 1. The Kier molecular flexibility index (Phi) is 2.20. The maximum absolute atomic E-state index is 10.4. The van der Waals surface area contributed by atoms with E-state index in [1.54, 1.807) is 4.68 Å². The molecule has 1 aliphatic rings. The van der Waals surface area contributed by atoms with E-state index < -0.39 is 5.97 Å². The third-order valence-corrected chi connectivity index (χ3v) is 2.21. The summed E-state index contributed by atoms with van der Waals surface area (Å²) in [7, 11) is 2.01. The first-order valence-corrected chi connectivity index (χ1v) is 4.48. The summed E-state index contributed by atoms with van der Waals surface area (Å²) >= 11 is 0. The molecule has 0 bridgehead atoms. The molecule has 0 aliphatic carbocycles. The molecule has 0 fully saturated rings. The van der Waals surface area contributed by atoms with E-state index in [-0.39, 0.29) is 6.42 Å². The summed E-state index contributed by atoms with van der Waals surface area (Å²) in [6, 6.07) is 0. The second-order valence-electron chi connectivity index (χ2n) is 3.48. The summed E-state index contributed by atoms with van der Waals surface area (Å²) in [5.41, 5.74) is 0. The van der Waals surface area contributed by atoms with Gasteiger partial charge in [-0.25, -0.2) is 9.67 Å². The normalized spacial score (nSPS) is 16.6. The molecule has 0 radical (unpaired) electrons. The van der Waals surface area contributed by atoms with Gasteiger partial charge in [0, 0.05) is 6.54 Å². The maximum atomic E-state index is 10.4. The van der Waals surface area contributed by atoms with Crippen LogP contribution in [0.15, 0.2) is 0 Å². The van der Waals surface area contributed by atoms with Gasteiger partial charge in [-0.15, -0.1) is 0 Å². The van der Waals surface area contributed by atoms with Gasteiger partial charge in [-0.05, 0) is 7.05 Å². The number of carboxylic acid groups (broad SMARTS) is 1. The monoisotopic (exact) mass is 196 g/mol. The van der Waals surface area contributed by atoms with Crippen LogP contribution in [-0.4, -0.2) is 44.3 Å². The first-order chi connectivity index (χ1) is 6.65. The molecular formula is C8H12N4O2. The Morgan fingerprint density at radius 3 is 3.07 bits per heavy atom. The molecule has 6 heteroatoms. The predicted molar refractivity (Wildman–Crippen MR) is 47.7 cm³/mol. The number of nitrogens with zero attached hydrogens (tertiary/aromatic N) is 4. The van der Waals surface area contributed by atoms with E-state index in [0.717, 1.165) is 25.5 Å². The Balaban J connectivity index is 2.19. The minimum Gasteiger partial charge on any atom is -0.481 e. The molecule has 1 aliphatic heterocycles. The molecule has 1 aromatic heterocycles. The van der Waals surface area contributed by atoms with Crippen LogP contribution in [0.1, 0.15) is 11.6 Å². The number of aromatic nitrogens is 3. The molecular weight excluding hydrogens is 184 g/mol. The van der Waals surface area contributed by atoms with Crippen molar-refractivity contribution in [3.05, 3.63) is 11.6 Å². The lowest BCUT2D eigenvalue weighted by Gasteiger charge is -2.21. The fourth-order valence-electron chi connectivity index (χ4n) is 1.52. The molecule has 0 spiro atoms. The summed E-state index contributed by atoms with van der Waals surface area (Å²) in [5.74, 6) is 0.374. The molecule has 0 saturated heterocycles. The average molecular weight is 196 g/mol. The first kappa shape index (κ1) is 9.14. The van der Waals surface area contributed by atoms with Gasteiger partial charge in [0.25, 0.3) is 0 Å². The van der Waals surface area contributed by atoms with Crippen LogP contribution in [0.2, 0.25) is 0 Å². The molecule has 1 N–H and O–H groups in total. The van der Waals surface area contributed by atoms with E-state index in [1.807, 2.05) is 7.05 Å². The number of fused-ring (bicyclic) bond motifs is 1. The van der Waals surface area contributed by atoms with Crippen molar-refractivity contribution in [2.24, 2.45) is 0 Å². The third kappa shape index (κ3) is 1.74. The van der Waals surface area contributed by atoms with Gasteiger partial charge in [-0.3, -0.25) is 9.69 Å². The zero-order valence-corrected chi connectivity index (χ0v) is 7.97. The van der Waals surface area contributed by atoms with Crippen molar-refractivity contribution in [2.75, 3.05) is 13.6 Å². The van der Waals surface area contributed by atoms with Crippen LogP contribution in [0, 0.1) is 0 Å². The van der Waals surface area contributed by atoms with E-state index in [9.17, 15) is 4.79 Å². The highest BCUT2D eigenvalue weighted by atomic mass is 16.4. The average Bonchev–Trinajstić information content (AvgIpc) is 2.44. The summed E-state index contributed by atoms with van der Waals surface area (Å²) < 4.78 is 1.79. The highest BCUT2D eigenvalue weighted by Crippen LogP contribution is 2.08. The van der Waals surface area contributed by atoms with E-state index in [0.29, 0.717) is 5.82 Å². The fraction of sp³-hybridized carbons (Fsp3) is 0.625. The first-order valence-electron chi connectivity index (χ1n) is 4.48. The van der Waals surface area contributed by atoms with Crippen LogP contribution >= 0.6 is 0 Å². The summed E-state index contributed by atoms with van der Waals surface area (Å²) in [6.45, 7) is 2.47. The molecule has 6 nitrogen and oxygen atoms in total. The van der Waals surface area contributed by atoms with Crippen molar-refractivity contribution in [2.45, 2.75) is 19.5 Å². The van der Waals surface area contributed by atoms with Crippen molar-refractivity contribution in [3.63, 3.8) is 0 Å². The lowest BCUT2D eigenvalue weighted by atomic mass is 10.4. The van der Waals surface area contributed by atoms with Crippen LogP contribution in [0.3, 0.4) is 0 Å². The quantitative estimate of drug-likeness (QED) is 0.680. The van der Waals surface area contributed by atoms with Crippen LogP contribution in [0.4, 0.5) is 0 Å². The summed E-state index contributed by atoms with van der Waals surface area (Å²) in [6.07, 6.45) is -0.0935. The SMILES string of the molecule is CN1CCn2nc(CC(=O)O)nc2C1. The van der Waals surface area contributed by atoms with Gasteiger partial charge in [0.05, 0.1) is 13.1 Å². The minimum absolute atomic E-state index is 0.0935. The Bertz CT molecular complexity index is 360. The third-order valence-electron chi connectivity index (χ3n) is 2.21. The second-order valence-corrected chi connectivity index (χ2v) is 3.48. The van der Waals surface area contributed by atoms with E-state index in [1.165, 1.54) is 0 Å². The molecule has 0 atom stereocenters. The topological polar surface area (TPSA) is 71.2 Å². The molecule has 0 saturated carbocycles. The number of likely N-dealkylation sites (N-methyl/N-ethyl adjacent to an activating group) is 1. The largest absolute Gasteiger partial charge is 0.481 e. The van der Waals surface area contributed by atoms with Gasteiger partial charge >= 0.3 is 5.97 Å². The van der Waals surface area contributed by atoms with Gasteiger partial charge < -0.3 is 5.11 Å². The number of hydrogen-bond donors (Lipinski definition) is 1. The van der Waals surface area contributed by atoms with E-state index in [2.05, 4.69) is 15.0 Å². The van der Waals surface area contributed by atoms with E-state index >= 15 is 0 Å². The van der Waals surface area contributed by atoms with Crippen molar-refractivity contribution < 1.29 is 9.90 Å². The van der Waals surface area contributed by atoms with Gasteiger partial charge in [0.1, 0.15) is 12.2 Å². The zero-order valence-electron chi connectivity index (χ0n) is 7.97. The lowest BCUT2D eigenvalue weighted by molar-refractivity contribution is -0.136.